The molecule has 2 heterocycles. The van der Waals surface area contributed by atoms with Crippen LogP contribution in [0.1, 0.15) is 0 Å². The predicted molar refractivity (Wildman–Crippen MR) is 41.9 cm³/mol. The molecule has 0 aliphatic carbocycles. The molecule has 2 aromatic rings. The van der Waals surface area contributed by atoms with E-state index >= 15 is 0 Å². The van der Waals surface area contributed by atoms with Crippen LogP contribution >= 0.6 is 11.3 Å². The molecule has 4 N–H and O–H groups in total. The Kier molecular flexibility index (Phi) is 0.906. The zero-order chi connectivity index (χ0) is 7.14. The number of nitrogen functional groups attached to an aromatic ring is 2. The van der Waals surface area contributed by atoms with Crippen molar-refractivity contribution in [2.75, 3.05) is 11.5 Å². The van der Waals surface area contributed by atoms with E-state index in [4.69, 9.17) is 11.5 Å². The Labute approximate surface area is 61.1 Å². The topological polar surface area (TPSA) is 69.3 Å². The van der Waals surface area contributed by atoms with E-state index in [0.717, 1.165) is 9.83 Å². The lowest BCUT2D eigenvalue weighted by Gasteiger charge is -1.77. The summed E-state index contributed by atoms with van der Waals surface area (Å²) in [5.74, 6) is 0.534. The molecule has 0 amide bonds. The second kappa shape index (κ2) is 1.63. The predicted octanol–water partition coefficient (Wildman–Crippen LogP) is 0.560. The van der Waals surface area contributed by atoms with E-state index in [-0.39, 0.29) is 0 Å². The molecule has 2 rings (SSSR count). The van der Waals surface area contributed by atoms with Crippen LogP contribution in [-0.2, 0) is 0 Å². The molecule has 0 atom stereocenters. The highest BCUT2D eigenvalue weighted by atomic mass is 32.1. The Balaban J connectivity index is 2.83. The van der Waals surface area contributed by atoms with Crippen LogP contribution in [0.5, 0.6) is 0 Å². The van der Waals surface area contributed by atoms with E-state index in [1.807, 2.05) is 0 Å². The number of hydrogen-bond acceptors (Lipinski definition) is 4. The van der Waals surface area contributed by atoms with Crippen molar-refractivity contribution in [3.63, 3.8) is 0 Å². The molecule has 0 spiro atoms. The van der Waals surface area contributed by atoms with Crippen LogP contribution < -0.4 is 11.5 Å². The smallest absolute Gasteiger partial charge is 0.147 e. The van der Waals surface area contributed by atoms with E-state index in [2.05, 4.69) is 5.10 Å². The number of rotatable bonds is 0. The van der Waals surface area contributed by atoms with Gasteiger partial charge in [-0.05, 0) is 0 Å². The molecule has 0 saturated carbocycles. The fourth-order valence-electron chi connectivity index (χ4n) is 0.832. The van der Waals surface area contributed by atoms with Crippen molar-refractivity contribution in [2.24, 2.45) is 0 Å². The SMILES string of the molecule is Nc1cc2sc(N)cn2n1. The van der Waals surface area contributed by atoms with E-state index in [9.17, 15) is 0 Å². The largest absolute Gasteiger partial charge is 0.389 e. The van der Waals surface area contributed by atoms with Gasteiger partial charge in [0.05, 0.1) is 6.20 Å². The van der Waals surface area contributed by atoms with Gasteiger partial charge in [-0.1, -0.05) is 11.3 Å². The molecule has 0 saturated heterocycles. The van der Waals surface area contributed by atoms with Crippen LogP contribution in [0.15, 0.2) is 12.3 Å². The number of fused-ring (bicyclic) bond motifs is 1. The Morgan fingerprint density at radius 1 is 1.50 bits per heavy atom. The highest BCUT2D eigenvalue weighted by Crippen LogP contribution is 2.20. The summed E-state index contributed by atoms with van der Waals surface area (Å²) in [7, 11) is 0. The average molecular weight is 154 g/mol. The first kappa shape index (κ1) is 5.55. The minimum absolute atomic E-state index is 0.534. The summed E-state index contributed by atoms with van der Waals surface area (Å²) in [6.07, 6.45) is 1.75. The van der Waals surface area contributed by atoms with Crippen molar-refractivity contribution < 1.29 is 0 Å². The molecule has 10 heavy (non-hydrogen) atoms. The first-order chi connectivity index (χ1) is 4.75. The maximum absolute atomic E-state index is 5.50. The summed E-state index contributed by atoms with van der Waals surface area (Å²) in [5, 5.41) is 4.71. The summed E-state index contributed by atoms with van der Waals surface area (Å²) in [6, 6.07) is 1.79. The van der Waals surface area contributed by atoms with Crippen molar-refractivity contribution in [2.45, 2.75) is 0 Å². The summed E-state index contributed by atoms with van der Waals surface area (Å²) in [4.78, 5) is 0.981. The van der Waals surface area contributed by atoms with Gasteiger partial charge in [0.2, 0.25) is 0 Å². The van der Waals surface area contributed by atoms with Gasteiger partial charge in [-0.3, -0.25) is 0 Å². The number of anilines is 2. The van der Waals surface area contributed by atoms with Gasteiger partial charge < -0.3 is 11.5 Å². The molecule has 52 valence electrons. The lowest BCUT2D eigenvalue weighted by molar-refractivity contribution is 0.986. The standard InChI is InChI=1S/C5H6N4S/c6-3-1-5-9(8-3)2-4(7)10-5/h1-2H,7H2,(H2,6,8). The van der Waals surface area contributed by atoms with Crippen LogP contribution in [0.4, 0.5) is 10.8 Å². The van der Waals surface area contributed by atoms with Crippen molar-refractivity contribution in [3.8, 4) is 0 Å². The fraction of sp³-hybridized carbons (Fsp3) is 0. The molecular weight excluding hydrogens is 148 g/mol. The van der Waals surface area contributed by atoms with Gasteiger partial charge in [0.15, 0.2) is 0 Å². The van der Waals surface area contributed by atoms with Gasteiger partial charge in [-0.25, -0.2) is 4.52 Å². The number of nitrogens with zero attached hydrogens (tertiary/aromatic N) is 2. The summed E-state index contributed by atoms with van der Waals surface area (Å²) < 4.78 is 1.68. The van der Waals surface area contributed by atoms with E-state index in [1.54, 1.807) is 16.8 Å². The Bertz CT molecular complexity index is 297. The normalized spacial score (nSPS) is 10.8. The first-order valence-corrected chi connectivity index (χ1v) is 3.57. The van der Waals surface area contributed by atoms with E-state index in [0.29, 0.717) is 5.82 Å². The summed E-state index contributed by atoms with van der Waals surface area (Å²) in [6.45, 7) is 0. The first-order valence-electron chi connectivity index (χ1n) is 2.76. The number of aromatic nitrogens is 2. The molecule has 0 bridgehead atoms. The molecule has 0 aliphatic heterocycles. The van der Waals surface area contributed by atoms with Gasteiger partial charge in [-0.2, -0.15) is 0 Å². The molecule has 4 nitrogen and oxygen atoms in total. The third kappa shape index (κ3) is 0.640. The lowest BCUT2D eigenvalue weighted by Crippen LogP contribution is -1.86. The van der Waals surface area contributed by atoms with Crippen molar-refractivity contribution in [1.29, 1.82) is 0 Å². The third-order valence-corrected chi connectivity index (χ3v) is 2.05. The quantitative estimate of drug-likeness (QED) is 0.582. The molecule has 2 aromatic heterocycles. The van der Waals surface area contributed by atoms with Gasteiger partial charge in [0, 0.05) is 6.07 Å². The zero-order valence-corrected chi connectivity index (χ0v) is 5.93. The van der Waals surface area contributed by atoms with Crippen molar-refractivity contribution >= 4 is 27.0 Å². The highest BCUT2D eigenvalue weighted by Gasteiger charge is 1.99. The molecular formula is C5H6N4S. The molecule has 0 aromatic carbocycles. The van der Waals surface area contributed by atoms with E-state index in [1.165, 1.54) is 11.3 Å². The average Bonchev–Trinajstić information content (AvgIpc) is 2.21. The lowest BCUT2D eigenvalue weighted by atomic mass is 10.7. The van der Waals surface area contributed by atoms with Gasteiger partial charge in [0.25, 0.3) is 0 Å². The minimum atomic E-state index is 0.534. The van der Waals surface area contributed by atoms with Gasteiger partial charge in [0.1, 0.15) is 15.6 Å². The second-order valence-corrected chi connectivity index (χ2v) is 3.08. The maximum Gasteiger partial charge on any atom is 0.147 e. The molecule has 0 aliphatic rings. The number of thiazole rings is 1. The van der Waals surface area contributed by atoms with Crippen molar-refractivity contribution in [3.05, 3.63) is 12.3 Å². The fourth-order valence-corrected chi connectivity index (χ4v) is 1.59. The van der Waals surface area contributed by atoms with Crippen LogP contribution in [0.2, 0.25) is 0 Å². The second-order valence-electron chi connectivity index (χ2n) is 1.99. The van der Waals surface area contributed by atoms with E-state index < -0.39 is 0 Å². The third-order valence-electron chi connectivity index (χ3n) is 1.19. The molecule has 0 unspecified atom stereocenters. The van der Waals surface area contributed by atoms with Crippen LogP contribution in [-0.4, -0.2) is 9.61 Å². The number of nitrogens with two attached hydrogens (primary N) is 2. The monoisotopic (exact) mass is 154 g/mol. The van der Waals surface area contributed by atoms with Crippen molar-refractivity contribution in [1.82, 2.24) is 9.61 Å². The molecule has 0 radical (unpaired) electrons. The van der Waals surface area contributed by atoms with Gasteiger partial charge in [-0.15, -0.1) is 5.10 Å². The zero-order valence-electron chi connectivity index (χ0n) is 5.11. The Hall–Kier alpha value is -1.23. The summed E-state index contributed by atoms with van der Waals surface area (Å²) >= 11 is 1.47. The highest BCUT2D eigenvalue weighted by molar-refractivity contribution is 7.21. The summed E-state index contributed by atoms with van der Waals surface area (Å²) in [5.41, 5.74) is 10.9. The minimum Gasteiger partial charge on any atom is -0.389 e. The molecule has 0 fully saturated rings. The Morgan fingerprint density at radius 3 is 3.00 bits per heavy atom. The van der Waals surface area contributed by atoms with Crippen LogP contribution in [0.25, 0.3) is 4.83 Å². The van der Waals surface area contributed by atoms with Crippen LogP contribution in [0.3, 0.4) is 0 Å². The Morgan fingerprint density at radius 2 is 2.30 bits per heavy atom. The maximum atomic E-state index is 5.50. The number of hydrogen-bond donors (Lipinski definition) is 2. The van der Waals surface area contributed by atoms with Crippen LogP contribution in [0, 0.1) is 0 Å². The van der Waals surface area contributed by atoms with Gasteiger partial charge >= 0.3 is 0 Å². The molecule has 5 heteroatoms.